The Balaban J connectivity index is 1.60. The summed E-state index contributed by atoms with van der Waals surface area (Å²) >= 11 is 0. The van der Waals surface area contributed by atoms with Crippen LogP contribution >= 0.6 is 0 Å². The van der Waals surface area contributed by atoms with Gasteiger partial charge in [-0.05, 0) is 48.5 Å². The van der Waals surface area contributed by atoms with Crippen LogP contribution in [0.15, 0.2) is 76.8 Å². The number of halogens is 1. The van der Waals surface area contributed by atoms with Gasteiger partial charge in [0, 0.05) is 11.6 Å². The average Bonchev–Trinajstić information content (AvgIpc) is 3.21. The summed E-state index contributed by atoms with van der Waals surface area (Å²) in [4.78, 5) is 25.7. The first-order valence-electron chi connectivity index (χ1n) is 7.90. The van der Waals surface area contributed by atoms with Crippen molar-refractivity contribution in [3.8, 4) is 11.3 Å². The molecule has 0 spiro atoms. The van der Waals surface area contributed by atoms with Crippen molar-refractivity contribution < 1.29 is 18.4 Å². The highest BCUT2D eigenvalue weighted by molar-refractivity contribution is 6.28. The smallest absolute Gasteiger partial charge is 0.333 e. The van der Waals surface area contributed by atoms with Gasteiger partial charge >= 0.3 is 6.03 Å². The minimum absolute atomic E-state index is 0.124. The fourth-order valence-corrected chi connectivity index (χ4v) is 2.69. The van der Waals surface area contributed by atoms with Crippen LogP contribution in [0.5, 0.6) is 0 Å². The Labute approximate surface area is 148 Å². The summed E-state index contributed by atoms with van der Waals surface area (Å²) in [6.07, 6.45) is 1.47. The molecule has 1 N–H and O–H groups in total. The molecule has 1 saturated heterocycles. The second-order valence-electron chi connectivity index (χ2n) is 5.67. The number of rotatable bonds is 3. The molecule has 0 atom stereocenters. The predicted molar refractivity (Wildman–Crippen MR) is 94.5 cm³/mol. The number of para-hydroxylation sites is 1. The summed E-state index contributed by atoms with van der Waals surface area (Å²) in [7, 11) is 0. The Kier molecular flexibility index (Phi) is 3.85. The van der Waals surface area contributed by atoms with Crippen molar-refractivity contribution in [3.63, 3.8) is 0 Å². The van der Waals surface area contributed by atoms with E-state index in [9.17, 15) is 14.0 Å². The first kappa shape index (κ1) is 15.8. The van der Waals surface area contributed by atoms with Crippen molar-refractivity contribution in [1.82, 2.24) is 5.32 Å². The van der Waals surface area contributed by atoms with Crippen LogP contribution in [0.3, 0.4) is 0 Å². The van der Waals surface area contributed by atoms with Crippen LogP contribution in [-0.4, -0.2) is 11.9 Å². The zero-order valence-corrected chi connectivity index (χ0v) is 13.5. The van der Waals surface area contributed by atoms with E-state index < -0.39 is 11.9 Å². The van der Waals surface area contributed by atoms with Crippen LogP contribution in [0.4, 0.5) is 14.9 Å². The molecule has 0 unspecified atom stereocenters. The second-order valence-corrected chi connectivity index (χ2v) is 5.67. The standard InChI is InChI=1S/C20H13FN2O3/c21-14-8-6-13(7-9-14)18-11-10-16(26-18)12-17-19(24)23(20(25)22-17)15-4-2-1-3-5-15/h1-12H,(H,22,25). The largest absolute Gasteiger partial charge is 0.457 e. The number of hydrogen-bond acceptors (Lipinski definition) is 3. The van der Waals surface area contributed by atoms with Crippen LogP contribution in [0, 0.1) is 5.82 Å². The Hall–Kier alpha value is -3.67. The zero-order chi connectivity index (χ0) is 18.1. The normalized spacial score (nSPS) is 15.6. The lowest BCUT2D eigenvalue weighted by Gasteiger charge is -2.10. The third kappa shape index (κ3) is 2.88. The van der Waals surface area contributed by atoms with Crippen molar-refractivity contribution in [2.24, 2.45) is 0 Å². The van der Waals surface area contributed by atoms with E-state index >= 15 is 0 Å². The topological polar surface area (TPSA) is 62.6 Å². The van der Waals surface area contributed by atoms with Crippen molar-refractivity contribution >= 4 is 23.7 Å². The SMILES string of the molecule is O=C1NC(=Cc2ccc(-c3ccc(F)cc3)o2)C(=O)N1c1ccccc1. The lowest BCUT2D eigenvalue weighted by atomic mass is 10.2. The fraction of sp³-hybridized carbons (Fsp3) is 0. The first-order chi connectivity index (χ1) is 12.6. The van der Waals surface area contributed by atoms with Gasteiger partial charge in [0.2, 0.25) is 0 Å². The number of carbonyl (C=O) groups is 2. The summed E-state index contributed by atoms with van der Waals surface area (Å²) in [6.45, 7) is 0. The van der Waals surface area contributed by atoms with Gasteiger partial charge in [0.15, 0.2) is 0 Å². The Morgan fingerprint density at radius 3 is 2.38 bits per heavy atom. The van der Waals surface area contributed by atoms with Gasteiger partial charge in [0.1, 0.15) is 23.0 Å². The summed E-state index contributed by atoms with van der Waals surface area (Å²) in [5, 5.41) is 2.55. The molecular weight excluding hydrogens is 335 g/mol. The summed E-state index contributed by atoms with van der Waals surface area (Å²) in [6, 6.07) is 17.4. The Morgan fingerprint density at radius 1 is 0.923 bits per heavy atom. The van der Waals surface area contributed by atoms with E-state index in [1.807, 2.05) is 0 Å². The summed E-state index contributed by atoms with van der Waals surface area (Å²) in [5.74, 6) is 0.153. The quantitative estimate of drug-likeness (QED) is 0.570. The molecule has 26 heavy (non-hydrogen) atoms. The molecule has 2 heterocycles. The van der Waals surface area contributed by atoms with Crippen LogP contribution < -0.4 is 10.2 Å². The van der Waals surface area contributed by atoms with Gasteiger partial charge in [-0.2, -0.15) is 0 Å². The molecule has 1 aliphatic heterocycles. The van der Waals surface area contributed by atoms with Gasteiger partial charge in [-0.15, -0.1) is 0 Å². The van der Waals surface area contributed by atoms with Crippen LogP contribution in [-0.2, 0) is 4.79 Å². The number of furan rings is 1. The van der Waals surface area contributed by atoms with E-state index in [2.05, 4.69) is 5.32 Å². The van der Waals surface area contributed by atoms with Crippen LogP contribution in [0.1, 0.15) is 5.76 Å². The molecule has 5 nitrogen and oxygen atoms in total. The maximum atomic E-state index is 13.0. The molecule has 0 radical (unpaired) electrons. The molecular formula is C20H13FN2O3. The van der Waals surface area contributed by atoms with E-state index in [1.165, 1.54) is 18.2 Å². The number of anilines is 1. The number of benzene rings is 2. The Morgan fingerprint density at radius 2 is 1.65 bits per heavy atom. The van der Waals surface area contributed by atoms with E-state index in [0.717, 1.165) is 4.90 Å². The molecule has 4 rings (SSSR count). The van der Waals surface area contributed by atoms with Gasteiger partial charge in [-0.3, -0.25) is 4.79 Å². The average molecular weight is 348 g/mol. The molecule has 0 saturated carbocycles. The van der Waals surface area contributed by atoms with Gasteiger partial charge in [-0.1, -0.05) is 18.2 Å². The van der Waals surface area contributed by atoms with Crippen LogP contribution in [0.25, 0.3) is 17.4 Å². The number of carbonyl (C=O) groups excluding carboxylic acids is 2. The molecule has 1 aliphatic rings. The van der Waals surface area contributed by atoms with Crippen molar-refractivity contribution in [3.05, 3.63) is 84.0 Å². The lowest BCUT2D eigenvalue weighted by molar-refractivity contribution is -0.113. The number of nitrogens with zero attached hydrogens (tertiary/aromatic N) is 1. The molecule has 3 amide bonds. The number of amides is 3. The first-order valence-corrected chi connectivity index (χ1v) is 7.90. The van der Waals surface area contributed by atoms with Crippen LogP contribution in [0.2, 0.25) is 0 Å². The monoisotopic (exact) mass is 348 g/mol. The minimum Gasteiger partial charge on any atom is -0.457 e. The summed E-state index contributed by atoms with van der Waals surface area (Å²) in [5.41, 5.74) is 1.33. The third-order valence-electron chi connectivity index (χ3n) is 3.93. The number of hydrogen-bond donors (Lipinski definition) is 1. The van der Waals surface area contributed by atoms with E-state index in [-0.39, 0.29) is 11.5 Å². The highest BCUT2D eigenvalue weighted by Gasteiger charge is 2.34. The lowest BCUT2D eigenvalue weighted by Crippen LogP contribution is -2.30. The molecule has 1 fully saturated rings. The third-order valence-corrected chi connectivity index (χ3v) is 3.93. The number of urea groups is 1. The van der Waals surface area contributed by atoms with Gasteiger partial charge in [0.05, 0.1) is 5.69 Å². The highest BCUT2D eigenvalue weighted by atomic mass is 19.1. The highest BCUT2D eigenvalue weighted by Crippen LogP contribution is 2.25. The maximum absolute atomic E-state index is 13.0. The fourth-order valence-electron chi connectivity index (χ4n) is 2.69. The van der Waals surface area contributed by atoms with Gasteiger partial charge < -0.3 is 9.73 Å². The van der Waals surface area contributed by atoms with E-state index in [4.69, 9.17) is 4.42 Å². The number of nitrogens with one attached hydrogen (secondary N) is 1. The minimum atomic E-state index is -0.516. The van der Waals surface area contributed by atoms with Crippen molar-refractivity contribution in [2.45, 2.75) is 0 Å². The zero-order valence-electron chi connectivity index (χ0n) is 13.5. The molecule has 0 bridgehead atoms. The van der Waals surface area contributed by atoms with Gasteiger partial charge in [0.25, 0.3) is 5.91 Å². The molecule has 0 aliphatic carbocycles. The van der Waals surface area contributed by atoms with E-state index in [1.54, 1.807) is 54.6 Å². The van der Waals surface area contributed by atoms with E-state index in [0.29, 0.717) is 22.8 Å². The second kappa shape index (κ2) is 6.33. The molecule has 3 aromatic rings. The molecule has 2 aromatic carbocycles. The van der Waals surface area contributed by atoms with Crippen molar-refractivity contribution in [2.75, 3.05) is 4.90 Å². The molecule has 128 valence electrons. The summed E-state index contributed by atoms with van der Waals surface area (Å²) < 4.78 is 18.7. The Bertz CT molecular complexity index is 1010. The predicted octanol–water partition coefficient (Wildman–Crippen LogP) is 4.18. The number of imide groups is 1. The van der Waals surface area contributed by atoms with Crippen molar-refractivity contribution in [1.29, 1.82) is 0 Å². The van der Waals surface area contributed by atoms with Gasteiger partial charge in [-0.25, -0.2) is 14.1 Å². The molecule has 1 aromatic heterocycles. The molecule has 6 heteroatoms. The maximum Gasteiger partial charge on any atom is 0.333 e.